The first-order valence-corrected chi connectivity index (χ1v) is 7.15. The van der Waals surface area contributed by atoms with Gasteiger partial charge in [-0.3, -0.25) is 4.79 Å². The highest BCUT2D eigenvalue weighted by atomic mass is 16.5. The largest absolute Gasteiger partial charge is 0.479 e. The lowest BCUT2D eigenvalue weighted by molar-refractivity contribution is -0.155. The lowest BCUT2D eigenvalue weighted by Gasteiger charge is -2.37. The standard InChI is InChI=1S/C14H23NO4/c1-9-5-3-4-6-10(9)15(2)13(16)11-7-8-12(19-11)14(17)18/h9-12H,3-8H2,1-2H3,(H,17,18). The van der Waals surface area contributed by atoms with Gasteiger partial charge in [-0.15, -0.1) is 0 Å². The van der Waals surface area contributed by atoms with E-state index in [9.17, 15) is 9.59 Å². The Hall–Kier alpha value is -1.10. The molecule has 1 aliphatic heterocycles. The average Bonchev–Trinajstić information content (AvgIpc) is 2.87. The minimum atomic E-state index is -0.969. The summed E-state index contributed by atoms with van der Waals surface area (Å²) in [7, 11) is 1.83. The van der Waals surface area contributed by atoms with Crippen LogP contribution in [0, 0.1) is 5.92 Å². The van der Waals surface area contributed by atoms with Crippen LogP contribution in [0.1, 0.15) is 45.4 Å². The molecule has 108 valence electrons. The maximum absolute atomic E-state index is 12.4. The topological polar surface area (TPSA) is 66.8 Å². The molecule has 1 saturated heterocycles. The van der Waals surface area contributed by atoms with Gasteiger partial charge in [0, 0.05) is 13.1 Å². The third kappa shape index (κ3) is 3.08. The molecule has 1 amide bonds. The molecule has 0 bridgehead atoms. The molecule has 1 heterocycles. The van der Waals surface area contributed by atoms with Crippen LogP contribution >= 0.6 is 0 Å². The fourth-order valence-corrected chi connectivity index (χ4v) is 3.26. The zero-order valence-electron chi connectivity index (χ0n) is 11.7. The Morgan fingerprint density at radius 2 is 1.74 bits per heavy atom. The predicted molar refractivity (Wildman–Crippen MR) is 69.7 cm³/mol. The first-order chi connectivity index (χ1) is 9.00. The van der Waals surface area contributed by atoms with Crippen molar-refractivity contribution in [3.05, 3.63) is 0 Å². The summed E-state index contributed by atoms with van der Waals surface area (Å²) in [4.78, 5) is 25.0. The molecule has 0 spiro atoms. The molecule has 1 aliphatic carbocycles. The zero-order chi connectivity index (χ0) is 14.0. The number of carboxylic acids is 1. The van der Waals surface area contributed by atoms with Crippen LogP contribution in [0.5, 0.6) is 0 Å². The number of nitrogens with zero attached hydrogens (tertiary/aromatic N) is 1. The van der Waals surface area contributed by atoms with Gasteiger partial charge in [0.15, 0.2) is 6.10 Å². The minimum absolute atomic E-state index is 0.0532. The van der Waals surface area contributed by atoms with Gasteiger partial charge in [0.25, 0.3) is 5.91 Å². The molecule has 5 nitrogen and oxygen atoms in total. The van der Waals surface area contributed by atoms with Crippen molar-refractivity contribution in [1.29, 1.82) is 0 Å². The summed E-state index contributed by atoms with van der Waals surface area (Å²) in [5, 5.41) is 8.89. The zero-order valence-corrected chi connectivity index (χ0v) is 11.7. The second-order valence-corrected chi connectivity index (χ2v) is 5.81. The van der Waals surface area contributed by atoms with E-state index in [1.54, 1.807) is 4.90 Å². The second-order valence-electron chi connectivity index (χ2n) is 5.81. The summed E-state index contributed by atoms with van der Waals surface area (Å²) in [6, 6.07) is 0.272. The number of carboxylic acid groups (broad SMARTS) is 1. The monoisotopic (exact) mass is 269 g/mol. The summed E-state index contributed by atoms with van der Waals surface area (Å²) in [5.41, 5.74) is 0. The van der Waals surface area contributed by atoms with Crippen LogP contribution in [0.25, 0.3) is 0 Å². The van der Waals surface area contributed by atoms with E-state index in [1.807, 2.05) is 7.05 Å². The Balaban J connectivity index is 1.94. The molecule has 2 aliphatic rings. The summed E-state index contributed by atoms with van der Waals surface area (Å²) < 4.78 is 5.34. The highest BCUT2D eigenvalue weighted by Crippen LogP contribution is 2.29. The third-order valence-corrected chi connectivity index (χ3v) is 4.48. The molecule has 0 radical (unpaired) electrons. The van der Waals surface area contributed by atoms with Crippen molar-refractivity contribution < 1.29 is 19.4 Å². The summed E-state index contributed by atoms with van der Waals surface area (Å²) >= 11 is 0. The maximum Gasteiger partial charge on any atom is 0.332 e. The molecule has 1 N–H and O–H groups in total. The molecule has 0 aromatic carbocycles. The van der Waals surface area contributed by atoms with Crippen molar-refractivity contribution in [2.24, 2.45) is 5.92 Å². The lowest BCUT2D eigenvalue weighted by atomic mass is 9.85. The van der Waals surface area contributed by atoms with Crippen molar-refractivity contribution in [1.82, 2.24) is 4.90 Å². The molecule has 1 saturated carbocycles. The molecular formula is C14H23NO4. The summed E-state index contributed by atoms with van der Waals surface area (Å²) in [6.45, 7) is 2.18. The van der Waals surface area contributed by atoms with E-state index in [1.165, 1.54) is 6.42 Å². The van der Waals surface area contributed by atoms with Gasteiger partial charge in [-0.25, -0.2) is 4.79 Å². The SMILES string of the molecule is CC1CCCCC1N(C)C(=O)C1CCC(C(=O)O)O1. The van der Waals surface area contributed by atoms with Gasteiger partial charge in [-0.1, -0.05) is 19.8 Å². The van der Waals surface area contributed by atoms with Crippen LogP contribution in [0.2, 0.25) is 0 Å². The second kappa shape index (κ2) is 5.90. The van der Waals surface area contributed by atoms with E-state index in [0.717, 1.165) is 19.3 Å². The molecule has 4 atom stereocenters. The Morgan fingerprint density at radius 1 is 1.11 bits per heavy atom. The number of hydrogen-bond donors (Lipinski definition) is 1. The number of rotatable bonds is 3. The normalized spacial score (nSPS) is 35.1. The van der Waals surface area contributed by atoms with Gasteiger partial charge in [0.2, 0.25) is 0 Å². The lowest BCUT2D eigenvalue weighted by Crippen LogP contribution is -2.47. The highest BCUT2D eigenvalue weighted by molar-refractivity contribution is 5.82. The van der Waals surface area contributed by atoms with E-state index in [-0.39, 0.29) is 11.9 Å². The number of amides is 1. The van der Waals surface area contributed by atoms with Gasteiger partial charge in [0.05, 0.1) is 0 Å². The fraction of sp³-hybridized carbons (Fsp3) is 0.857. The molecular weight excluding hydrogens is 246 g/mol. The van der Waals surface area contributed by atoms with E-state index in [4.69, 9.17) is 9.84 Å². The highest BCUT2D eigenvalue weighted by Gasteiger charge is 2.38. The average molecular weight is 269 g/mol. The Kier molecular flexibility index (Phi) is 4.45. The summed E-state index contributed by atoms with van der Waals surface area (Å²) in [5.74, 6) is -0.508. The summed E-state index contributed by atoms with van der Waals surface area (Å²) in [6.07, 6.45) is 4.16. The van der Waals surface area contributed by atoms with Crippen LogP contribution in [-0.2, 0) is 14.3 Å². The molecule has 0 aromatic heterocycles. The van der Waals surface area contributed by atoms with E-state index in [2.05, 4.69) is 6.92 Å². The number of likely N-dealkylation sites (N-methyl/N-ethyl adjacent to an activating group) is 1. The molecule has 19 heavy (non-hydrogen) atoms. The van der Waals surface area contributed by atoms with E-state index >= 15 is 0 Å². The number of carbonyl (C=O) groups is 2. The van der Waals surface area contributed by atoms with Gasteiger partial charge in [-0.2, -0.15) is 0 Å². The minimum Gasteiger partial charge on any atom is -0.479 e. The van der Waals surface area contributed by atoms with Gasteiger partial charge in [0.1, 0.15) is 6.10 Å². The smallest absolute Gasteiger partial charge is 0.332 e. The number of aliphatic carboxylic acids is 1. The molecule has 2 fully saturated rings. The van der Waals surface area contributed by atoms with Crippen molar-refractivity contribution in [2.75, 3.05) is 7.05 Å². The van der Waals surface area contributed by atoms with Crippen LogP contribution in [0.3, 0.4) is 0 Å². The van der Waals surface area contributed by atoms with Crippen LogP contribution in [0.4, 0.5) is 0 Å². The molecule has 5 heteroatoms. The first kappa shape index (κ1) is 14.3. The van der Waals surface area contributed by atoms with Gasteiger partial charge < -0.3 is 14.7 Å². The molecule has 0 aromatic rings. The van der Waals surface area contributed by atoms with Crippen molar-refractivity contribution in [2.45, 2.75) is 63.7 Å². The quantitative estimate of drug-likeness (QED) is 0.846. The first-order valence-electron chi connectivity index (χ1n) is 7.15. The maximum atomic E-state index is 12.4. The van der Waals surface area contributed by atoms with Gasteiger partial charge in [-0.05, 0) is 31.6 Å². The van der Waals surface area contributed by atoms with Crippen LogP contribution in [0.15, 0.2) is 0 Å². The number of hydrogen-bond acceptors (Lipinski definition) is 3. The van der Waals surface area contributed by atoms with Crippen molar-refractivity contribution in [3.63, 3.8) is 0 Å². The number of carbonyl (C=O) groups excluding carboxylic acids is 1. The fourth-order valence-electron chi connectivity index (χ4n) is 3.26. The number of ether oxygens (including phenoxy) is 1. The molecule has 2 rings (SSSR count). The van der Waals surface area contributed by atoms with Gasteiger partial charge >= 0.3 is 5.97 Å². The Labute approximate surface area is 113 Å². The Bertz CT molecular complexity index is 357. The van der Waals surface area contributed by atoms with Crippen LogP contribution < -0.4 is 0 Å². The predicted octanol–water partition coefficient (Wildman–Crippen LogP) is 1.66. The molecule has 4 unspecified atom stereocenters. The van der Waals surface area contributed by atoms with Crippen molar-refractivity contribution in [3.8, 4) is 0 Å². The van der Waals surface area contributed by atoms with E-state index in [0.29, 0.717) is 18.8 Å². The van der Waals surface area contributed by atoms with Crippen molar-refractivity contribution >= 4 is 11.9 Å². The third-order valence-electron chi connectivity index (χ3n) is 4.48. The van der Waals surface area contributed by atoms with Crippen LogP contribution in [-0.4, -0.2) is 47.2 Å². The van der Waals surface area contributed by atoms with E-state index < -0.39 is 18.2 Å². The Morgan fingerprint density at radius 3 is 2.32 bits per heavy atom.